The summed E-state index contributed by atoms with van der Waals surface area (Å²) in [6.07, 6.45) is 13.6. The molecule has 0 saturated heterocycles. The predicted molar refractivity (Wildman–Crippen MR) is 180 cm³/mol. The van der Waals surface area contributed by atoms with Gasteiger partial charge < -0.3 is 10.2 Å². The van der Waals surface area contributed by atoms with Gasteiger partial charge in [-0.05, 0) is 97.8 Å². The van der Waals surface area contributed by atoms with Crippen molar-refractivity contribution in [2.24, 2.45) is 22.7 Å². The molecule has 4 unspecified atom stereocenters. The molecule has 3 fully saturated rings. The van der Waals surface area contributed by atoms with Gasteiger partial charge in [0.05, 0.1) is 17.7 Å². The van der Waals surface area contributed by atoms with E-state index in [1.54, 1.807) is 0 Å². The van der Waals surface area contributed by atoms with E-state index in [-0.39, 0.29) is 49.1 Å². The summed E-state index contributed by atoms with van der Waals surface area (Å²) in [4.78, 5) is 4.93. The van der Waals surface area contributed by atoms with E-state index in [1.165, 1.54) is 60.6 Å². The number of aromatic nitrogens is 1. The second-order valence-electron chi connectivity index (χ2n) is 14.3. The maximum absolute atomic E-state index is 11.1. The van der Waals surface area contributed by atoms with E-state index >= 15 is 0 Å². The molecule has 6 rings (SSSR count). The van der Waals surface area contributed by atoms with Crippen LogP contribution in [0.1, 0.15) is 127 Å². The molecule has 4 heteroatoms. The Balaban J connectivity index is 0.000000199. The number of pyridine rings is 1. The number of aryl methyl sites for hydroxylation is 2. The van der Waals surface area contributed by atoms with E-state index in [0.717, 1.165) is 61.2 Å². The molecule has 0 aliphatic heterocycles. The van der Waals surface area contributed by atoms with Gasteiger partial charge >= 0.3 is 0 Å². The van der Waals surface area contributed by atoms with Crippen molar-refractivity contribution in [2.45, 2.75) is 137 Å². The van der Waals surface area contributed by atoms with Crippen LogP contribution < -0.4 is 0 Å². The fourth-order valence-electron chi connectivity index (χ4n) is 9.38. The van der Waals surface area contributed by atoms with E-state index in [9.17, 15) is 10.2 Å². The molecule has 3 saturated carbocycles. The summed E-state index contributed by atoms with van der Waals surface area (Å²) in [5, 5.41) is 23.4. The van der Waals surface area contributed by atoms with Crippen molar-refractivity contribution in [1.82, 2.24) is 4.98 Å². The molecule has 1 radical (unpaired) electrons. The first kappa shape index (κ1) is 35.3. The van der Waals surface area contributed by atoms with Crippen molar-refractivity contribution in [3.8, 4) is 11.3 Å². The maximum Gasteiger partial charge on any atom is 0.0651 e. The molecule has 243 valence electrons. The average Bonchev–Trinajstić information content (AvgIpc) is 3.62. The first-order valence-electron chi connectivity index (χ1n) is 17.5. The molecule has 0 amide bonds. The Bertz CT molecular complexity index is 1350. The standard InChI is InChI=1S/C22H22N.C18H34O2.Ir/c1-15-12-16(2)14-18(13-15)21-11-10-20-19(17-6-3-4-7-17)8-5-9-22(20)23-21;1-5-17(6-2)11-9-10-13-12-18(7-3,8-4)16(20)14(13)15(17)19;/h5,8-13,17H,3-4,6-7H2,1-2H3;13-16,19-20H,5-12H2,1-4H3;/q-1;;. The third kappa shape index (κ3) is 6.76. The van der Waals surface area contributed by atoms with E-state index in [1.807, 2.05) is 0 Å². The van der Waals surface area contributed by atoms with Crippen LogP contribution in [0.2, 0.25) is 0 Å². The zero-order chi connectivity index (χ0) is 30.8. The van der Waals surface area contributed by atoms with Gasteiger partial charge in [0.25, 0.3) is 0 Å². The van der Waals surface area contributed by atoms with Crippen LogP contribution in [0, 0.1) is 42.6 Å². The SMILES string of the molecule is CCC1(CC)CCCC2CC(CC)(CC)C(O)C2C1O.Cc1[c-]c(-c2ccc3c(C4CCCC4)cccc3n2)cc(C)c1.[Ir]. The minimum atomic E-state index is -0.319. The fourth-order valence-corrected chi connectivity index (χ4v) is 9.38. The smallest absolute Gasteiger partial charge is 0.0651 e. The Hall–Kier alpha value is -1.58. The molecule has 1 heterocycles. The Morgan fingerprint density at radius 1 is 0.818 bits per heavy atom. The van der Waals surface area contributed by atoms with Gasteiger partial charge in [-0.15, -0.1) is 34.9 Å². The van der Waals surface area contributed by atoms with Gasteiger partial charge in [0, 0.05) is 31.4 Å². The molecule has 3 nitrogen and oxygen atoms in total. The number of nitrogens with zero attached hydrogens (tertiary/aromatic N) is 1. The summed E-state index contributed by atoms with van der Waals surface area (Å²) < 4.78 is 0. The molecule has 1 aromatic heterocycles. The molecule has 4 atom stereocenters. The van der Waals surface area contributed by atoms with E-state index in [2.05, 4.69) is 90.1 Å². The van der Waals surface area contributed by atoms with Crippen LogP contribution in [-0.2, 0) is 20.1 Å². The summed E-state index contributed by atoms with van der Waals surface area (Å²) in [5.74, 6) is 1.36. The maximum atomic E-state index is 11.1. The van der Waals surface area contributed by atoms with Gasteiger partial charge in [-0.2, -0.15) is 0 Å². The van der Waals surface area contributed by atoms with Crippen molar-refractivity contribution in [3.63, 3.8) is 0 Å². The molecule has 3 aliphatic rings. The summed E-state index contributed by atoms with van der Waals surface area (Å²) in [7, 11) is 0. The molecule has 44 heavy (non-hydrogen) atoms. The average molecular weight is 775 g/mol. The minimum Gasteiger partial charge on any atom is -0.392 e. The predicted octanol–water partition coefficient (Wildman–Crippen LogP) is 10.1. The van der Waals surface area contributed by atoms with E-state index in [0.29, 0.717) is 5.92 Å². The summed E-state index contributed by atoms with van der Waals surface area (Å²) >= 11 is 0. The quantitative estimate of drug-likeness (QED) is 0.245. The number of benzene rings is 2. The first-order valence-corrected chi connectivity index (χ1v) is 17.5. The van der Waals surface area contributed by atoms with E-state index < -0.39 is 0 Å². The van der Waals surface area contributed by atoms with Gasteiger partial charge in [-0.1, -0.05) is 85.1 Å². The van der Waals surface area contributed by atoms with Gasteiger partial charge in [-0.25, -0.2) is 0 Å². The molecule has 3 aliphatic carbocycles. The third-order valence-electron chi connectivity index (χ3n) is 12.2. The number of aliphatic hydroxyl groups is 2. The minimum absolute atomic E-state index is 0. The zero-order valence-electron chi connectivity index (χ0n) is 28.1. The summed E-state index contributed by atoms with van der Waals surface area (Å²) in [5.41, 5.74) is 7.24. The van der Waals surface area contributed by atoms with Crippen molar-refractivity contribution in [1.29, 1.82) is 0 Å². The number of hydrogen-bond donors (Lipinski definition) is 2. The van der Waals surface area contributed by atoms with Crippen LogP contribution in [0.25, 0.3) is 22.2 Å². The zero-order valence-corrected chi connectivity index (χ0v) is 30.5. The van der Waals surface area contributed by atoms with Crippen LogP contribution in [0.3, 0.4) is 0 Å². The van der Waals surface area contributed by atoms with Crippen molar-refractivity contribution >= 4 is 10.9 Å². The molecule has 2 N–H and O–H groups in total. The van der Waals surface area contributed by atoms with Crippen LogP contribution >= 0.6 is 0 Å². The van der Waals surface area contributed by atoms with Crippen molar-refractivity contribution < 1.29 is 30.3 Å². The molecule has 3 aromatic rings. The van der Waals surface area contributed by atoms with E-state index in [4.69, 9.17) is 4.98 Å². The van der Waals surface area contributed by atoms with Gasteiger partial charge in [-0.3, -0.25) is 4.98 Å². The van der Waals surface area contributed by atoms with Gasteiger partial charge in [0.15, 0.2) is 0 Å². The largest absolute Gasteiger partial charge is 0.392 e. The fraction of sp³-hybridized carbons (Fsp3) is 0.625. The van der Waals surface area contributed by atoms with Gasteiger partial charge in [0.2, 0.25) is 0 Å². The van der Waals surface area contributed by atoms with Crippen LogP contribution in [0.15, 0.2) is 42.5 Å². The Morgan fingerprint density at radius 3 is 2.11 bits per heavy atom. The van der Waals surface area contributed by atoms with Crippen LogP contribution in [-0.4, -0.2) is 27.4 Å². The number of rotatable bonds is 6. The molecular weight excluding hydrogens is 719 g/mol. The normalized spacial score (nSPS) is 25.9. The number of hydrogen-bond acceptors (Lipinski definition) is 3. The molecule has 2 aromatic carbocycles. The van der Waals surface area contributed by atoms with Gasteiger partial charge in [0.1, 0.15) is 0 Å². The summed E-state index contributed by atoms with van der Waals surface area (Å²) in [6.45, 7) is 13.1. The Labute approximate surface area is 281 Å². The number of aliphatic hydroxyl groups excluding tert-OH is 2. The summed E-state index contributed by atoms with van der Waals surface area (Å²) in [6, 6.07) is 18.8. The van der Waals surface area contributed by atoms with Crippen LogP contribution in [0.4, 0.5) is 0 Å². The topological polar surface area (TPSA) is 53.4 Å². The Morgan fingerprint density at radius 2 is 1.48 bits per heavy atom. The van der Waals surface area contributed by atoms with Crippen molar-refractivity contribution in [2.75, 3.05) is 0 Å². The second kappa shape index (κ2) is 14.9. The molecule has 0 bridgehead atoms. The van der Waals surface area contributed by atoms with Crippen LogP contribution in [0.5, 0.6) is 0 Å². The number of fused-ring (bicyclic) bond motifs is 2. The first-order chi connectivity index (χ1) is 20.7. The second-order valence-corrected chi connectivity index (χ2v) is 14.3. The monoisotopic (exact) mass is 775 g/mol. The molecular formula is C40H56IrNO2-. The Kier molecular flexibility index (Phi) is 11.9. The third-order valence-corrected chi connectivity index (χ3v) is 12.2. The molecule has 0 spiro atoms. The van der Waals surface area contributed by atoms with Crippen molar-refractivity contribution in [3.05, 3.63) is 65.2 Å².